The van der Waals surface area contributed by atoms with Crippen molar-refractivity contribution in [2.24, 2.45) is 4.99 Å². The Labute approximate surface area is 53.6 Å². The fraction of sp³-hybridized carbons (Fsp3) is 0.500. The first-order chi connectivity index (χ1) is 4.47. The molecule has 0 amide bonds. The molecule has 0 aliphatic carbocycles. The zero-order valence-corrected chi connectivity index (χ0v) is 5.00. The van der Waals surface area contributed by atoms with E-state index in [-0.39, 0.29) is 0 Å². The number of hydrogen-bond donors (Lipinski definition) is 0. The lowest BCUT2D eigenvalue weighted by Gasteiger charge is -2.20. The Bertz CT molecular complexity index is 174. The van der Waals surface area contributed by atoms with Gasteiger partial charge in [-0.2, -0.15) is 0 Å². The Morgan fingerprint density at radius 2 is 2.78 bits per heavy atom. The molecular formula is C6H7N2O. The lowest BCUT2D eigenvalue weighted by Crippen LogP contribution is -2.27. The van der Waals surface area contributed by atoms with E-state index in [4.69, 9.17) is 4.74 Å². The van der Waals surface area contributed by atoms with Gasteiger partial charge in [0.2, 0.25) is 6.26 Å². The lowest BCUT2D eigenvalue weighted by molar-refractivity contribution is 0.154. The standard InChI is InChI=1S/C6H7N2O/c1-2-8-3-4-9-5-6(8)7-1/h1H,2-4H2. The van der Waals surface area contributed by atoms with Gasteiger partial charge in [0, 0.05) is 6.21 Å². The summed E-state index contributed by atoms with van der Waals surface area (Å²) in [5.74, 6) is 0.848. The first kappa shape index (κ1) is 4.85. The number of hydrogen-bond acceptors (Lipinski definition) is 3. The highest BCUT2D eigenvalue weighted by atomic mass is 16.5. The van der Waals surface area contributed by atoms with E-state index in [2.05, 4.69) is 16.2 Å². The van der Waals surface area contributed by atoms with Crippen LogP contribution in [0.5, 0.6) is 0 Å². The minimum atomic E-state index is 0.743. The van der Waals surface area contributed by atoms with Crippen LogP contribution in [-0.2, 0) is 4.74 Å². The monoisotopic (exact) mass is 123 g/mol. The van der Waals surface area contributed by atoms with Gasteiger partial charge in [0.1, 0.15) is 6.61 Å². The fourth-order valence-electron chi connectivity index (χ4n) is 0.953. The molecule has 0 aromatic rings. The van der Waals surface area contributed by atoms with Gasteiger partial charge in [-0.1, -0.05) is 0 Å². The number of aliphatic imine (C=N–C) groups is 1. The molecule has 3 nitrogen and oxygen atoms in total. The van der Waals surface area contributed by atoms with E-state index in [1.165, 1.54) is 0 Å². The van der Waals surface area contributed by atoms with Crippen LogP contribution in [-0.4, -0.2) is 30.8 Å². The largest absolute Gasteiger partial charge is 0.484 e. The van der Waals surface area contributed by atoms with Crippen LogP contribution in [0.3, 0.4) is 0 Å². The van der Waals surface area contributed by atoms with E-state index < -0.39 is 0 Å². The molecule has 9 heavy (non-hydrogen) atoms. The minimum absolute atomic E-state index is 0.743. The molecule has 2 aliphatic heterocycles. The molecule has 0 fully saturated rings. The summed E-state index contributed by atoms with van der Waals surface area (Å²) in [6.45, 7) is 2.61. The second-order valence-corrected chi connectivity index (χ2v) is 2.03. The van der Waals surface area contributed by atoms with E-state index in [1.807, 2.05) is 6.21 Å². The molecule has 3 heteroatoms. The SMILES string of the molecule is [C]1=C2N=CCN2CCO1. The predicted molar refractivity (Wildman–Crippen MR) is 32.8 cm³/mol. The first-order valence-corrected chi connectivity index (χ1v) is 2.99. The summed E-state index contributed by atoms with van der Waals surface area (Å²) < 4.78 is 4.94. The normalized spacial score (nSPS) is 23.1. The van der Waals surface area contributed by atoms with E-state index in [0.29, 0.717) is 0 Å². The van der Waals surface area contributed by atoms with Crippen molar-refractivity contribution in [3.8, 4) is 0 Å². The summed E-state index contributed by atoms with van der Waals surface area (Å²) in [6, 6.07) is 0. The van der Waals surface area contributed by atoms with Crippen LogP contribution in [0, 0.1) is 6.26 Å². The Hall–Kier alpha value is -0.990. The van der Waals surface area contributed by atoms with Gasteiger partial charge >= 0.3 is 0 Å². The van der Waals surface area contributed by atoms with Crippen molar-refractivity contribution in [1.29, 1.82) is 0 Å². The van der Waals surface area contributed by atoms with Crippen molar-refractivity contribution in [2.45, 2.75) is 0 Å². The van der Waals surface area contributed by atoms with Gasteiger partial charge in [-0.3, -0.25) is 0 Å². The molecule has 0 saturated carbocycles. The Morgan fingerprint density at radius 3 is 3.67 bits per heavy atom. The summed E-state index contributed by atoms with van der Waals surface area (Å²) >= 11 is 0. The average molecular weight is 123 g/mol. The molecule has 0 atom stereocenters. The van der Waals surface area contributed by atoms with E-state index in [1.54, 1.807) is 0 Å². The van der Waals surface area contributed by atoms with Crippen LogP contribution in [0.15, 0.2) is 10.8 Å². The topological polar surface area (TPSA) is 24.8 Å². The molecule has 0 spiro atoms. The van der Waals surface area contributed by atoms with Crippen LogP contribution < -0.4 is 0 Å². The zero-order chi connectivity index (χ0) is 6.10. The molecule has 2 heterocycles. The minimum Gasteiger partial charge on any atom is -0.484 e. The maximum atomic E-state index is 4.94. The summed E-state index contributed by atoms with van der Waals surface area (Å²) in [7, 11) is 0. The molecule has 0 aromatic carbocycles. The molecule has 1 radical (unpaired) electrons. The van der Waals surface area contributed by atoms with E-state index in [0.717, 1.165) is 25.5 Å². The third kappa shape index (κ3) is 0.686. The van der Waals surface area contributed by atoms with Crippen molar-refractivity contribution < 1.29 is 4.74 Å². The van der Waals surface area contributed by atoms with Gasteiger partial charge in [-0.25, -0.2) is 4.99 Å². The number of fused-ring (bicyclic) bond motifs is 1. The second kappa shape index (κ2) is 1.76. The smallest absolute Gasteiger partial charge is 0.208 e. The van der Waals surface area contributed by atoms with Gasteiger partial charge < -0.3 is 9.64 Å². The van der Waals surface area contributed by atoms with Gasteiger partial charge in [-0.05, 0) is 0 Å². The van der Waals surface area contributed by atoms with Crippen LogP contribution in [0.1, 0.15) is 0 Å². The van der Waals surface area contributed by atoms with E-state index in [9.17, 15) is 0 Å². The first-order valence-electron chi connectivity index (χ1n) is 2.99. The van der Waals surface area contributed by atoms with Gasteiger partial charge in [0.05, 0.1) is 13.1 Å². The predicted octanol–water partition coefficient (Wildman–Crippen LogP) is 0.00509. The third-order valence-electron chi connectivity index (χ3n) is 1.44. The van der Waals surface area contributed by atoms with Crippen LogP contribution in [0.4, 0.5) is 0 Å². The summed E-state index contributed by atoms with van der Waals surface area (Å²) in [6.07, 6.45) is 4.60. The molecule has 0 bridgehead atoms. The Balaban J connectivity index is 2.23. The molecule has 0 saturated heterocycles. The van der Waals surface area contributed by atoms with Crippen LogP contribution in [0.25, 0.3) is 0 Å². The molecule has 0 N–H and O–H groups in total. The molecule has 2 rings (SSSR count). The number of ether oxygens (including phenoxy) is 1. The van der Waals surface area contributed by atoms with Crippen molar-refractivity contribution in [3.63, 3.8) is 0 Å². The van der Waals surface area contributed by atoms with Gasteiger partial charge in [-0.15, -0.1) is 0 Å². The molecule has 0 unspecified atom stereocenters. The van der Waals surface area contributed by atoms with Gasteiger partial charge in [0.25, 0.3) is 0 Å². The highest BCUT2D eigenvalue weighted by Gasteiger charge is 2.16. The summed E-state index contributed by atoms with van der Waals surface area (Å²) in [5.41, 5.74) is 0. The lowest BCUT2D eigenvalue weighted by atomic mass is 10.5. The molecular weight excluding hydrogens is 116 g/mol. The third-order valence-corrected chi connectivity index (χ3v) is 1.44. The summed E-state index contributed by atoms with van der Waals surface area (Å²) in [4.78, 5) is 6.17. The molecule has 47 valence electrons. The van der Waals surface area contributed by atoms with E-state index >= 15 is 0 Å². The molecule has 0 aromatic heterocycles. The molecule has 2 aliphatic rings. The van der Waals surface area contributed by atoms with Crippen molar-refractivity contribution in [2.75, 3.05) is 19.7 Å². The number of nitrogens with zero attached hydrogens (tertiary/aromatic N) is 2. The second-order valence-electron chi connectivity index (χ2n) is 2.03. The Morgan fingerprint density at radius 1 is 1.78 bits per heavy atom. The summed E-state index contributed by atoms with van der Waals surface area (Å²) in [5, 5.41) is 0. The maximum absolute atomic E-state index is 4.94. The highest BCUT2D eigenvalue weighted by Crippen LogP contribution is 2.12. The van der Waals surface area contributed by atoms with Crippen molar-refractivity contribution >= 4 is 6.21 Å². The Kier molecular flexibility index (Phi) is 0.946. The quantitative estimate of drug-likeness (QED) is 0.453. The average Bonchev–Trinajstić information content (AvgIpc) is 2.33. The fourth-order valence-corrected chi connectivity index (χ4v) is 0.953. The van der Waals surface area contributed by atoms with Crippen LogP contribution in [0.2, 0.25) is 0 Å². The van der Waals surface area contributed by atoms with Crippen molar-refractivity contribution in [3.05, 3.63) is 12.1 Å². The van der Waals surface area contributed by atoms with Crippen LogP contribution >= 0.6 is 0 Å². The maximum Gasteiger partial charge on any atom is 0.208 e. The van der Waals surface area contributed by atoms with Crippen molar-refractivity contribution in [1.82, 2.24) is 4.90 Å². The number of rotatable bonds is 0. The zero-order valence-electron chi connectivity index (χ0n) is 5.00. The van der Waals surface area contributed by atoms with Gasteiger partial charge in [0.15, 0.2) is 5.82 Å². The highest BCUT2D eigenvalue weighted by molar-refractivity contribution is 5.64.